The molecule has 6 heteroatoms. The van der Waals surface area contributed by atoms with Gasteiger partial charge in [0.1, 0.15) is 11.8 Å². The Morgan fingerprint density at radius 1 is 1.36 bits per heavy atom. The number of nitrogens with zero attached hydrogens (tertiary/aromatic N) is 1. The number of benzene rings is 1. The van der Waals surface area contributed by atoms with Gasteiger partial charge < -0.3 is 15.2 Å². The molecular weight excluding hydrogens is 284 g/mol. The number of amides is 1. The highest BCUT2D eigenvalue weighted by molar-refractivity contribution is 5.80. The minimum absolute atomic E-state index is 0.117. The van der Waals surface area contributed by atoms with Crippen LogP contribution < -0.4 is 10.1 Å². The average molecular weight is 306 g/mol. The van der Waals surface area contributed by atoms with Crippen LogP contribution in [-0.4, -0.2) is 48.1 Å². The van der Waals surface area contributed by atoms with E-state index in [9.17, 15) is 14.7 Å². The quantitative estimate of drug-likeness (QED) is 0.827. The highest BCUT2D eigenvalue weighted by atomic mass is 16.5. The van der Waals surface area contributed by atoms with Crippen LogP contribution in [0.3, 0.4) is 0 Å². The summed E-state index contributed by atoms with van der Waals surface area (Å²) in [6.45, 7) is 1.14. The molecule has 0 radical (unpaired) electrons. The van der Waals surface area contributed by atoms with E-state index < -0.39 is 12.0 Å². The molecule has 1 aliphatic rings. The Kier molecular flexibility index (Phi) is 5.77. The van der Waals surface area contributed by atoms with E-state index in [0.29, 0.717) is 19.5 Å². The smallest absolute Gasteiger partial charge is 0.320 e. The van der Waals surface area contributed by atoms with E-state index in [0.717, 1.165) is 24.2 Å². The van der Waals surface area contributed by atoms with Crippen LogP contribution in [-0.2, 0) is 16.1 Å². The number of nitrogens with one attached hydrogen (secondary N) is 1. The Morgan fingerprint density at radius 3 is 2.86 bits per heavy atom. The molecule has 22 heavy (non-hydrogen) atoms. The number of rotatable bonds is 6. The zero-order valence-corrected chi connectivity index (χ0v) is 12.7. The molecular formula is C16H22N2O4. The molecule has 120 valence electrons. The van der Waals surface area contributed by atoms with Gasteiger partial charge in [0.25, 0.3) is 0 Å². The molecule has 6 nitrogen and oxygen atoms in total. The lowest BCUT2D eigenvalue weighted by Crippen LogP contribution is -2.48. The van der Waals surface area contributed by atoms with Crippen LogP contribution in [0.2, 0.25) is 0 Å². The molecule has 1 fully saturated rings. The van der Waals surface area contributed by atoms with E-state index in [1.807, 2.05) is 24.3 Å². The summed E-state index contributed by atoms with van der Waals surface area (Å²) in [6, 6.07) is 6.93. The number of likely N-dealkylation sites (tertiary alicyclic amines) is 1. The van der Waals surface area contributed by atoms with E-state index in [1.54, 1.807) is 12.0 Å². The molecule has 1 aromatic rings. The Balaban J connectivity index is 1.88. The highest BCUT2D eigenvalue weighted by Gasteiger charge is 2.29. The minimum atomic E-state index is -0.850. The van der Waals surface area contributed by atoms with Gasteiger partial charge in [-0.2, -0.15) is 0 Å². The van der Waals surface area contributed by atoms with Gasteiger partial charge >= 0.3 is 5.97 Å². The van der Waals surface area contributed by atoms with Crippen molar-refractivity contribution in [2.45, 2.75) is 31.8 Å². The summed E-state index contributed by atoms with van der Waals surface area (Å²) < 4.78 is 5.24. The first-order valence-electron chi connectivity index (χ1n) is 7.47. The number of para-hydroxylation sites is 1. The number of aliphatic carboxylic acids is 1. The predicted molar refractivity (Wildman–Crippen MR) is 81.7 cm³/mol. The number of hydrogen-bond acceptors (Lipinski definition) is 4. The van der Waals surface area contributed by atoms with Crippen molar-refractivity contribution in [3.05, 3.63) is 29.8 Å². The fourth-order valence-corrected chi connectivity index (χ4v) is 2.74. The van der Waals surface area contributed by atoms with E-state index in [-0.39, 0.29) is 12.5 Å². The zero-order valence-electron chi connectivity index (χ0n) is 12.7. The average Bonchev–Trinajstić information content (AvgIpc) is 2.53. The van der Waals surface area contributed by atoms with E-state index in [2.05, 4.69) is 5.32 Å². The van der Waals surface area contributed by atoms with Crippen LogP contribution in [0.4, 0.5) is 0 Å². The lowest BCUT2D eigenvalue weighted by Gasteiger charge is -2.32. The summed E-state index contributed by atoms with van der Waals surface area (Å²) in [4.78, 5) is 25.0. The summed E-state index contributed by atoms with van der Waals surface area (Å²) in [5.74, 6) is -0.291. The number of hydrogen-bond donors (Lipinski definition) is 2. The van der Waals surface area contributed by atoms with Crippen molar-refractivity contribution in [3.8, 4) is 5.75 Å². The number of ether oxygens (including phenoxy) is 1. The number of piperidine rings is 1. The number of carbonyl (C=O) groups is 2. The van der Waals surface area contributed by atoms with Gasteiger partial charge in [-0.05, 0) is 25.5 Å². The fraction of sp³-hybridized carbons (Fsp3) is 0.500. The SMILES string of the molecule is COc1ccccc1CNC(=O)CN1CCCCC1C(=O)O. The second-order valence-electron chi connectivity index (χ2n) is 5.41. The summed E-state index contributed by atoms with van der Waals surface area (Å²) in [7, 11) is 1.59. The Hall–Kier alpha value is -2.08. The molecule has 0 bridgehead atoms. The van der Waals surface area contributed by atoms with Gasteiger partial charge in [-0.25, -0.2) is 0 Å². The first-order chi connectivity index (χ1) is 10.6. The lowest BCUT2D eigenvalue weighted by molar-refractivity contribution is -0.145. The highest BCUT2D eigenvalue weighted by Crippen LogP contribution is 2.18. The third kappa shape index (κ3) is 4.21. The van der Waals surface area contributed by atoms with Crippen molar-refractivity contribution in [1.29, 1.82) is 0 Å². The summed E-state index contributed by atoms with van der Waals surface area (Å²) in [5, 5.41) is 12.0. The molecule has 1 amide bonds. The van der Waals surface area contributed by atoms with Crippen molar-refractivity contribution < 1.29 is 19.4 Å². The molecule has 0 spiro atoms. The van der Waals surface area contributed by atoms with Crippen molar-refractivity contribution in [1.82, 2.24) is 10.2 Å². The van der Waals surface area contributed by atoms with Crippen LogP contribution in [0.25, 0.3) is 0 Å². The van der Waals surface area contributed by atoms with Gasteiger partial charge in [0.15, 0.2) is 0 Å². The van der Waals surface area contributed by atoms with E-state index in [1.165, 1.54) is 0 Å². The van der Waals surface area contributed by atoms with Crippen molar-refractivity contribution in [2.75, 3.05) is 20.2 Å². The molecule has 2 N–H and O–H groups in total. The summed E-state index contributed by atoms with van der Waals surface area (Å²) in [6.07, 6.45) is 2.44. The maximum absolute atomic E-state index is 12.1. The van der Waals surface area contributed by atoms with Gasteiger partial charge in [0.2, 0.25) is 5.91 Å². The van der Waals surface area contributed by atoms with Gasteiger partial charge in [-0.15, -0.1) is 0 Å². The van der Waals surface area contributed by atoms with Gasteiger partial charge in [0, 0.05) is 12.1 Å². The van der Waals surface area contributed by atoms with Crippen molar-refractivity contribution in [2.24, 2.45) is 0 Å². The molecule has 1 atom stereocenters. The molecule has 0 saturated carbocycles. The molecule has 0 aromatic heterocycles. The summed E-state index contributed by atoms with van der Waals surface area (Å²) in [5.41, 5.74) is 0.895. The normalized spacial score (nSPS) is 18.7. The van der Waals surface area contributed by atoms with E-state index >= 15 is 0 Å². The molecule has 0 aliphatic carbocycles. The maximum atomic E-state index is 12.1. The Bertz CT molecular complexity index is 533. The third-order valence-electron chi connectivity index (χ3n) is 3.91. The molecule has 1 unspecified atom stereocenters. The Morgan fingerprint density at radius 2 is 2.14 bits per heavy atom. The number of carboxylic acids is 1. The monoisotopic (exact) mass is 306 g/mol. The number of carboxylic acid groups (broad SMARTS) is 1. The van der Waals surface area contributed by atoms with Crippen LogP contribution >= 0.6 is 0 Å². The van der Waals surface area contributed by atoms with Gasteiger partial charge in [0.05, 0.1) is 13.7 Å². The van der Waals surface area contributed by atoms with Gasteiger partial charge in [-0.1, -0.05) is 24.6 Å². The second kappa shape index (κ2) is 7.79. The van der Waals surface area contributed by atoms with Crippen LogP contribution in [0.1, 0.15) is 24.8 Å². The zero-order chi connectivity index (χ0) is 15.9. The van der Waals surface area contributed by atoms with E-state index in [4.69, 9.17) is 4.74 Å². The predicted octanol–water partition coefficient (Wildman–Crippen LogP) is 1.25. The second-order valence-corrected chi connectivity index (χ2v) is 5.41. The third-order valence-corrected chi connectivity index (χ3v) is 3.91. The molecule has 1 aliphatic heterocycles. The molecule has 2 rings (SSSR count). The van der Waals surface area contributed by atoms with Crippen LogP contribution in [0.15, 0.2) is 24.3 Å². The number of carbonyl (C=O) groups excluding carboxylic acids is 1. The topological polar surface area (TPSA) is 78.9 Å². The van der Waals surface area contributed by atoms with Crippen molar-refractivity contribution in [3.63, 3.8) is 0 Å². The molecule has 1 saturated heterocycles. The van der Waals surface area contributed by atoms with Gasteiger partial charge in [-0.3, -0.25) is 14.5 Å². The maximum Gasteiger partial charge on any atom is 0.320 e. The minimum Gasteiger partial charge on any atom is -0.496 e. The van der Waals surface area contributed by atoms with Crippen molar-refractivity contribution >= 4 is 11.9 Å². The largest absolute Gasteiger partial charge is 0.496 e. The molecule has 1 aromatic carbocycles. The number of methoxy groups -OCH3 is 1. The lowest BCUT2D eigenvalue weighted by atomic mass is 10.0. The standard InChI is InChI=1S/C16H22N2O4/c1-22-14-8-3-2-6-12(14)10-17-15(19)11-18-9-5-4-7-13(18)16(20)21/h2-3,6,8,13H,4-5,7,9-11H2,1H3,(H,17,19)(H,20,21). The first-order valence-corrected chi connectivity index (χ1v) is 7.47. The Labute approximate surface area is 130 Å². The first kappa shape index (κ1) is 16.3. The summed E-state index contributed by atoms with van der Waals surface area (Å²) >= 11 is 0. The molecule has 1 heterocycles. The van der Waals surface area contributed by atoms with Crippen LogP contribution in [0.5, 0.6) is 5.75 Å². The van der Waals surface area contributed by atoms with Crippen LogP contribution in [0, 0.1) is 0 Å². The fourth-order valence-electron chi connectivity index (χ4n) is 2.74.